The molecule has 0 aromatic heterocycles. The summed E-state index contributed by atoms with van der Waals surface area (Å²) in [5.41, 5.74) is 0. The largest absolute Gasteiger partial charge is 0.437 e. The molecule has 0 heterocycles. The van der Waals surface area contributed by atoms with E-state index in [1.54, 1.807) is 6.82 Å². The van der Waals surface area contributed by atoms with E-state index in [0.29, 0.717) is 39.5 Å². The molecular formula is C11H18BNO3. The molecular weight excluding hydrogens is 205 g/mol. The average Bonchev–Trinajstić information content (AvgIpc) is 2.26. The highest BCUT2D eigenvalue weighted by atomic mass is 16.5. The molecule has 16 heavy (non-hydrogen) atoms. The molecule has 4 nitrogen and oxygen atoms in total. The summed E-state index contributed by atoms with van der Waals surface area (Å²) < 4.78 is 10.3. The fourth-order valence-corrected chi connectivity index (χ4v) is 1.11. The first-order chi connectivity index (χ1) is 7.72. The molecule has 0 aromatic rings. The molecule has 0 unspecified atom stereocenters. The van der Waals surface area contributed by atoms with Gasteiger partial charge in [0, 0.05) is 13.1 Å². The maximum Gasteiger partial charge on any atom is 0.376 e. The molecule has 0 saturated heterocycles. The van der Waals surface area contributed by atoms with E-state index in [1.165, 1.54) is 0 Å². The van der Waals surface area contributed by atoms with Crippen LogP contribution in [0.5, 0.6) is 0 Å². The van der Waals surface area contributed by atoms with Gasteiger partial charge in [0.25, 0.3) is 0 Å². The van der Waals surface area contributed by atoms with E-state index >= 15 is 0 Å². The van der Waals surface area contributed by atoms with Gasteiger partial charge in [-0.1, -0.05) is 11.8 Å². The van der Waals surface area contributed by atoms with Crippen molar-refractivity contribution in [3.05, 3.63) is 0 Å². The van der Waals surface area contributed by atoms with Crippen LogP contribution in [-0.2, 0) is 9.47 Å². The smallest absolute Gasteiger partial charge is 0.376 e. The Morgan fingerprint density at radius 3 is 1.88 bits per heavy atom. The van der Waals surface area contributed by atoms with Crippen molar-refractivity contribution in [3.8, 4) is 24.7 Å². The van der Waals surface area contributed by atoms with Gasteiger partial charge < -0.3 is 19.3 Å². The summed E-state index contributed by atoms with van der Waals surface area (Å²) in [7, 11) is -0.538. The van der Waals surface area contributed by atoms with Crippen molar-refractivity contribution >= 4 is 7.05 Å². The standard InChI is InChI=1S/C11H18BNO3/c1-4-8-15-10-6-13(12(3)14)7-11-16-9-5-2/h1-2,14H,6-11H2,3H3. The summed E-state index contributed by atoms with van der Waals surface area (Å²) in [6, 6.07) is 0. The topological polar surface area (TPSA) is 41.9 Å². The predicted molar refractivity (Wildman–Crippen MR) is 64.7 cm³/mol. The lowest BCUT2D eigenvalue weighted by molar-refractivity contribution is 0.120. The van der Waals surface area contributed by atoms with Crippen LogP contribution in [0, 0.1) is 24.7 Å². The van der Waals surface area contributed by atoms with Crippen molar-refractivity contribution in [3.63, 3.8) is 0 Å². The molecule has 5 heteroatoms. The van der Waals surface area contributed by atoms with Crippen molar-refractivity contribution in [1.82, 2.24) is 4.81 Å². The van der Waals surface area contributed by atoms with Gasteiger partial charge in [0.15, 0.2) is 0 Å². The molecule has 0 atom stereocenters. The van der Waals surface area contributed by atoms with Gasteiger partial charge in [-0.3, -0.25) is 0 Å². The molecule has 0 amide bonds. The zero-order valence-electron chi connectivity index (χ0n) is 9.69. The number of nitrogens with zero attached hydrogens (tertiary/aromatic N) is 1. The highest BCUT2D eigenvalue weighted by Crippen LogP contribution is 1.92. The second-order valence-electron chi connectivity index (χ2n) is 3.18. The third-order valence-corrected chi connectivity index (χ3v) is 1.94. The van der Waals surface area contributed by atoms with Crippen LogP contribution in [0.25, 0.3) is 0 Å². The molecule has 0 fully saturated rings. The molecule has 0 aliphatic heterocycles. The van der Waals surface area contributed by atoms with Gasteiger partial charge in [0.1, 0.15) is 13.2 Å². The zero-order chi connectivity index (χ0) is 12.2. The number of rotatable bonds is 9. The Morgan fingerprint density at radius 1 is 1.12 bits per heavy atom. The lowest BCUT2D eigenvalue weighted by Crippen LogP contribution is -2.41. The van der Waals surface area contributed by atoms with Gasteiger partial charge >= 0.3 is 7.05 Å². The summed E-state index contributed by atoms with van der Waals surface area (Å²) in [5, 5.41) is 9.46. The van der Waals surface area contributed by atoms with Crippen LogP contribution in [0.1, 0.15) is 0 Å². The summed E-state index contributed by atoms with van der Waals surface area (Å²) in [5.74, 6) is 4.76. The molecule has 0 spiro atoms. The van der Waals surface area contributed by atoms with Crippen molar-refractivity contribution in [2.75, 3.05) is 39.5 Å². The van der Waals surface area contributed by atoms with Gasteiger partial charge in [-0.05, 0) is 6.82 Å². The van der Waals surface area contributed by atoms with E-state index in [1.807, 2.05) is 4.81 Å². The first-order valence-corrected chi connectivity index (χ1v) is 5.17. The molecule has 0 aliphatic carbocycles. The van der Waals surface area contributed by atoms with Gasteiger partial charge in [-0.25, -0.2) is 0 Å². The molecule has 0 aliphatic rings. The minimum absolute atomic E-state index is 0.293. The SMILES string of the molecule is C#CCOCCN(CCOCC#C)B(C)O. The van der Waals surface area contributed by atoms with Gasteiger partial charge in [0.05, 0.1) is 13.2 Å². The van der Waals surface area contributed by atoms with Gasteiger partial charge in [0.2, 0.25) is 0 Å². The van der Waals surface area contributed by atoms with Gasteiger partial charge in [-0.2, -0.15) is 0 Å². The maximum atomic E-state index is 9.46. The van der Waals surface area contributed by atoms with Crippen molar-refractivity contribution in [1.29, 1.82) is 0 Å². The normalized spacial score (nSPS) is 9.81. The van der Waals surface area contributed by atoms with E-state index < -0.39 is 7.05 Å². The number of hydrogen-bond acceptors (Lipinski definition) is 4. The lowest BCUT2D eigenvalue weighted by Gasteiger charge is -2.22. The minimum atomic E-state index is -0.538. The predicted octanol–water partition coefficient (Wildman–Crippen LogP) is -0.302. The molecule has 0 aromatic carbocycles. The first-order valence-electron chi connectivity index (χ1n) is 5.17. The van der Waals surface area contributed by atoms with Crippen LogP contribution in [0.4, 0.5) is 0 Å². The Hall–Kier alpha value is -0.975. The van der Waals surface area contributed by atoms with Gasteiger partial charge in [-0.15, -0.1) is 12.8 Å². The van der Waals surface area contributed by atoms with Crippen LogP contribution in [0.15, 0.2) is 0 Å². The van der Waals surface area contributed by atoms with E-state index in [9.17, 15) is 5.02 Å². The Kier molecular flexibility index (Phi) is 9.90. The van der Waals surface area contributed by atoms with Crippen LogP contribution < -0.4 is 0 Å². The van der Waals surface area contributed by atoms with Crippen LogP contribution in [0.2, 0.25) is 6.82 Å². The Bertz CT molecular complexity index is 223. The number of ether oxygens (including phenoxy) is 2. The van der Waals surface area contributed by atoms with E-state index in [0.717, 1.165) is 0 Å². The monoisotopic (exact) mass is 223 g/mol. The highest BCUT2D eigenvalue weighted by Gasteiger charge is 2.14. The summed E-state index contributed by atoms with van der Waals surface area (Å²) in [6.07, 6.45) is 10.1. The fourth-order valence-electron chi connectivity index (χ4n) is 1.11. The highest BCUT2D eigenvalue weighted by molar-refractivity contribution is 6.45. The molecule has 88 valence electrons. The molecule has 0 radical (unpaired) electrons. The summed E-state index contributed by atoms with van der Waals surface area (Å²) >= 11 is 0. The Balaban J connectivity index is 3.64. The second-order valence-corrected chi connectivity index (χ2v) is 3.18. The van der Waals surface area contributed by atoms with Crippen molar-refractivity contribution in [2.24, 2.45) is 0 Å². The van der Waals surface area contributed by atoms with E-state index in [4.69, 9.17) is 22.3 Å². The Labute approximate surface area is 98.0 Å². The van der Waals surface area contributed by atoms with E-state index in [-0.39, 0.29) is 0 Å². The third-order valence-electron chi connectivity index (χ3n) is 1.94. The Morgan fingerprint density at radius 2 is 1.56 bits per heavy atom. The van der Waals surface area contributed by atoms with Crippen molar-refractivity contribution in [2.45, 2.75) is 6.82 Å². The summed E-state index contributed by atoms with van der Waals surface area (Å²) in [6.45, 7) is 4.48. The van der Waals surface area contributed by atoms with E-state index in [2.05, 4.69) is 11.8 Å². The molecule has 0 rings (SSSR count). The first kappa shape index (κ1) is 15.0. The molecule has 0 saturated carbocycles. The third kappa shape index (κ3) is 8.34. The van der Waals surface area contributed by atoms with Crippen LogP contribution >= 0.6 is 0 Å². The second kappa shape index (κ2) is 10.5. The number of terminal acetylenes is 2. The fraction of sp³-hybridized carbons (Fsp3) is 0.636. The van der Waals surface area contributed by atoms with Crippen LogP contribution in [0.3, 0.4) is 0 Å². The zero-order valence-corrected chi connectivity index (χ0v) is 9.69. The lowest BCUT2D eigenvalue weighted by atomic mass is 9.85. The maximum absolute atomic E-state index is 9.46. The number of hydrogen-bond donors (Lipinski definition) is 1. The molecule has 0 bridgehead atoms. The summed E-state index contributed by atoms with van der Waals surface area (Å²) in [4.78, 5) is 1.83. The quantitative estimate of drug-likeness (QED) is 0.331. The minimum Gasteiger partial charge on any atom is -0.437 e. The average molecular weight is 223 g/mol. The van der Waals surface area contributed by atoms with Crippen molar-refractivity contribution < 1.29 is 14.5 Å². The molecule has 1 N–H and O–H groups in total. The van der Waals surface area contributed by atoms with Crippen LogP contribution in [-0.4, -0.2) is 56.4 Å².